The first-order valence-corrected chi connectivity index (χ1v) is 8.22. The third-order valence-corrected chi connectivity index (χ3v) is 4.98. The Balaban J connectivity index is 1.79. The summed E-state index contributed by atoms with van der Waals surface area (Å²) < 4.78 is 1.93. The van der Waals surface area contributed by atoms with Crippen LogP contribution in [-0.2, 0) is 5.66 Å². The first kappa shape index (κ1) is 13.5. The summed E-state index contributed by atoms with van der Waals surface area (Å²) in [6.45, 7) is 0. The van der Waals surface area contributed by atoms with Crippen LogP contribution in [0.15, 0.2) is 59.4 Å². The first-order valence-electron chi connectivity index (χ1n) is 8.22. The van der Waals surface area contributed by atoms with Crippen molar-refractivity contribution in [1.82, 2.24) is 14.8 Å². The number of hydrogen-bond donors (Lipinski definition) is 1. The average molecular weight is 316 g/mol. The second-order valence-electron chi connectivity index (χ2n) is 6.42. The van der Waals surface area contributed by atoms with Crippen molar-refractivity contribution in [3.63, 3.8) is 0 Å². The van der Waals surface area contributed by atoms with Crippen molar-refractivity contribution in [2.45, 2.75) is 24.9 Å². The van der Waals surface area contributed by atoms with Gasteiger partial charge in [-0.3, -0.25) is 4.79 Å². The molecule has 24 heavy (non-hydrogen) atoms. The van der Waals surface area contributed by atoms with Gasteiger partial charge in [-0.25, -0.2) is 4.68 Å². The van der Waals surface area contributed by atoms with Gasteiger partial charge in [0.1, 0.15) is 5.66 Å². The molecule has 0 radical (unpaired) electrons. The molecule has 2 heterocycles. The third kappa shape index (κ3) is 1.78. The van der Waals surface area contributed by atoms with Gasteiger partial charge in [0.05, 0.1) is 0 Å². The van der Waals surface area contributed by atoms with Gasteiger partial charge in [-0.2, -0.15) is 10.1 Å². The van der Waals surface area contributed by atoms with Crippen LogP contribution in [0.2, 0.25) is 0 Å². The highest BCUT2D eigenvalue weighted by molar-refractivity contribution is 5.77. The Hall–Kier alpha value is -2.95. The fourth-order valence-electron chi connectivity index (χ4n) is 3.58. The van der Waals surface area contributed by atoms with Gasteiger partial charge in [-0.15, -0.1) is 0 Å². The summed E-state index contributed by atoms with van der Waals surface area (Å²) in [6.07, 6.45) is 3.11. The first-order chi connectivity index (χ1) is 11.8. The van der Waals surface area contributed by atoms with E-state index < -0.39 is 0 Å². The maximum atomic E-state index is 12.6. The van der Waals surface area contributed by atoms with Crippen molar-refractivity contribution in [1.29, 1.82) is 0 Å². The molecule has 1 spiro atoms. The summed E-state index contributed by atoms with van der Waals surface area (Å²) in [6, 6.07) is 17.5. The van der Waals surface area contributed by atoms with E-state index in [1.54, 1.807) is 0 Å². The van der Waals surface area contributed by atoms with Crippen molar-refractivity contribution in [3.8, 4) is 22.6 Å². The zero-order valence-corrected chi connectivity index (χ0v) is 13.1. The van der Waals surface area contributed by atoms with Crippen LogP contribution in [-0.4, -0.2) is 14.8 Å². The highest BCUT2D eigenvalue weighted by Crippen LogP contribution is 2.46. The number of nitrogens with one attached hydrogen (secondary N) is 1. The quantitative estimate of drug-likeness (QED) is 0.749. The summed E-state index contributed by atoms with van der Waals surface area (Å²) >= 11 is 0. The Morgan fingerprint density at radius 2 is 1.75 bits per heavy atom. The zero-order valence-electron chi connectivity index (χ0n) is 13.1. The molecule has 1 saturated carbocycles. The SMILES string of the molecule is O=c1nc2n(nc1-c1ccccc1)C1(CCC1)Nc1ccccc1-2. The van der Waals surface area contributed by atoms with Gasteiger partial charge >= 0.3 is 0 Å². The van der Waals surface area contributed by atoms with Crippen LogP contribution in [0, 0.1) is 0 Å². The molecule has 5 nitrogen and oxygen atoms in total. The number of aromatic nitrogens is 3. The topological polar surface area (TPSA) is 59.8 Å². The van der Waals surface area contributed by atoms with Crippen LogP contribution >= 0.6 is 0 Å². The smallest absolute Gasteiger partial charge is 0.300 e. The number of anilines is 1. The van der Waals surface area contributed by atoms with Crippen LogP contribution in [0.1, 0.15) is 19.3 Å². The molecule has 118 valence electrons. The van der Waals surface area contributed by atoms with E-state index >= 15 is 0 Å². The van der Waals surface area contributed by atoms with Gasteiger partial charge in [0.25, 0.3) is 5.56 Å². The summed E-state index contributed by atoms with van der Waals surface area (Å²) in [5.41, 5.74) is 2.63. The van der Waals surface area contributed by atoms with Crippen molar-refractivity contribution >= 4 is 5.69 Å². The molecule has 2 aromatic carbocycles. The average Bonchev–Trinajstić information content (AvgIpc) is 2.60. The molecule has 0 amide bonds. The second-order valence-corrected chi connectivity index (χ2v) is 6.42. The summed E-state index contributed by atoms with van der Waals surface area (Å²) in [5, 5.41) is 8.36. The van der Waals surface area contributed by atoms with Gasteiger partial charge in [0.2, 0.25) is 0 Å². The molecular formula is C19H16N4O. The lowest BCUT2D eigenvalue weighted by Crippen LogP contribution is -2.52. The predicted molar refractivity (Wildman–Crippen MR) is 92.6 cm³/mol. The number of benzene rings is 2. The van der Waals surface area contributed by atoms with E-state index in [1.165, 1.54) is 0 Å². The Bertz CT molecular complexity index is 990. The third-order valence-electron chi connectivity index (χ3n) is 4.98. The Labute approximate surface area is 139 Å². The summed E-state index contributed by atoms with van der Waals surface area (Å²) in [4.78, 5) is 17.0. The highest BCUT2D eigenvalue weighted by atomic mass is 16.1. The molecule has 3 aromatic rings. The lowest BCUT2D eigenvalue weighted by molar-refractivity contribution is 0.156. The lowest BCUT2D eigenvalue weighted by Gasteiger charge is -2.47. The van der Waals surface area contributed by atoms with E-state index in [0.29, 0.717) is 11.5 Å². The van der Waals surface area contributed by atoms with Crippen LogP contribution in [0.5, 0.6) is 0 Å². The van der Waals surface area contributed by atoms with Gasteiger partial charge in [0.15, 0.2) is 11.5 Å². The van der Waals surface area contributed by atoms with Crippen molar-refractivity contribution < 1.29 is 0 Å². The van der Waals surface area contributed by atoms with E-state index in [2.05, 4.69) is 10.3 Å². The fraction of sp³-hybridized carbons (Fsp3) is 0.211. The second kappa shape index (κ2) is 4.77. The van der Waals surface area contributed by atoms with Crippen LogP contribution in [0.4, 0.5) is 5.69 Å². The van der Waals surface area contributed by atoms with E-state index in [1.807, 2.05) is 59.3 Å². The maximum absolute atomic E-state index is 12.6. The molecule has 0 saturated heterocycles. The molecule has 0 bridgehead atoms. The molecule has 1 N–H and O–H groups in total. The van der Waals surface area contributed by atoms with Crippen molar-refractivity contribution in [2.24, 2.45) is 0 Å². The molecule has 1 aromatic heterocycles. The fourth-order valence-corrected chi connectivity index (χ4v) is 3.58. The maximum Gasteiger partial charge on any atom is 0.300 e. The van der Waals surface area contributed by atoms with Gasteiger partial charge in [-0.1, -0.05) is 42.5 Å². The molecule has 2 aliphatic rings. The Kier molecular flexibility index (Phi) is 2.68. The number of nitrogens with zero attached hydrogens (tertiary/aromatic N) is 3. The van der Waals surface area contributed by atoms with E-state index in [9.17, 15) is 4.79 Å². The van der Waals surface area contributed by atoms with Crippen molar-refractivity contribution in [2.75, 3.05) is 5.32 Å². The minimum absolute atomic E-state index is 0.256. The normalized spacial score (nSPS) is 16.7. The molecular weight excluding hydrogens is 300 g/mol. The van der Waals surface area contributed by atoms with E-state index in [0.717, 1.165) is 36.1 Å². The van der Waals surface area contributed by atoms with Gasteiger partial charge < -0.3 is 5.32 Å². The lowest BCUT2D eigenvalue weighted by atomic mass is 9.82. The molecule has 0 atom stereocenters. The molecule has 1 aliphatic heterocycles. The number of rotatable bonds is 1. The summed E-state index contributed by atoms with van der Waals surface area (Å²) in [7, 11) is 0. The number of hydrogen-bond acceptors (Lipinski definition) is 4. The minimum atomic E-state index is -0.279. The largest absolute Gasteiger partial charge is 0.361 e. The van der Waals surface area contributed by atoms with Gasteiger partial charge in [0, 0.05) is 16.8 Å². The molecule has 5 heteroatoms. The molecule has 5 rings (SSSR count). The monoisotopic (exact) mass is 316 g/mol. The Morgan fingerprint density at radius 3 is 2.50 bits per heavy atom. The highest BCUT2D eigenvalue weighted by Gasteiger charge is 2.44. The molecule has 0 unspecified atom stereocenters. The van der Waals surface area contributed by atoms with Crippen LogP contribution < -0.4 is 10.9 Å². The van der Waals surface area contributed by atoms with Crippen molar-refractivity contribution in [3.05, 3.63) is 65.0 Å². The molecule has 1 aliphatic carbocycles. The minimum Gasteiger partial charge on any atom is -0.361 e. The number of para-hydroxylation sites is 1. The van der Waals surface area contributed by atoms with E-state index in [4.69, 9.17) is 5.10 Å². The van der Waals surface area contributed by atoms with Gasteiger partial charge in [-0.05, 0) is 31.4 Å². The van der Waals surface area contributed by atoms with E-state index in [-0.39, 0.29) is 11.2 Å². The standard InChI is InChI=1S/C19H16N4O/c24-18-16(13-7-2-1-3-8-13)22-23-17(20-18)14-9-4-5-10-15(14)21-19(23)11-6-12-19/h1-5,7-10,21H,6,11-12H2. The van der Waals surface area contributed by atoms with Crippen LogP contribution in [0.3, 0.4) is 0 Å². The predicted octanol–water partition coefficient (Wildman–Crippen LogP) is 3.23. The summed E-state index contributed by atoms with van der Waals surface area (Å²) in [5.74, 6) is 0.661. The zero-order chi connectivity index (χ0) is 16.1. The molecule has 1 fully saturated rings. The number of fused-ring (bicyclic) bond motifs is 4. The Morgan fingerprint density at radius 1 is 1.00 bits per heavy atom. The van der Waals surface area contributed by atoms with Crippen LogP contribution in [0.25, 0.3) is 22.6 Å².